The number of fused-ring (bicyclic) bond motifs is 1. The van der Waals surface area contributed by atoms with Crippen LogP contribution in [-0.4, -0.2) is 67.1 Å². The van der Waals surface area contributed by atoms with Gasteiger partial charge in [0.05, 0.1) is 16.8 Å². The maximum Gasteiger partial charge on any atom is 0.358 e. The summed E-state index contributed by atoms with van der Waals surface area (Å²) in [7, 11) is 0.715. The Hall–Kier alpha value is -3.91. The van der Waals surface area contributed by atoms with Crippen LogP contribution in [0.3, 0.4) is 0 Å². The van der Waals surface area contributed by atoms with E-state index in [0.29, 0.717) is 35.8 Å². The third kappa shape index (κ3) is 8.28. The first-order chi connectivity index (χ1) is 23.6. The smallest absolute Gasteiger partial charge is 0.358 e. The third-order valence-electron chi connectivity index (χ3n) is 8.68. The lowest BCUT2D eigenvalue weighted by atomic mass is 9.94. The highest BCUT2D eigenvalue weighted by Crippen LogP contribution is 2.40. The number of anilines is 3. The number of thiazole rings is 2. The van der Waals surface area contributed by atoms with Gasteiger partial charge in [-0.3, -0.25) is 4.57 Å². The fourth-order valence-electron chi connectivity index (χ4n) is 5.82. The Morgan fingerprint density at radius 1 is 1.04 bits per heavy atom. The van der Waals surface area contributed by atoms with E-state index in [2.05, 4.69) is 75.7 Å². The van der Waals surface area contributed by atoms with Gasteiger partial charge >= 0.3 is 5.97 Å². The Labute approximate surface area is 297 Å². The summed E-state index contributed by atoms with van der Waals surface area (Å²) >= 11 is 3.15. The minimum absolute atomic E-state index is 0.223. The molecule has 10 nitrogen and oxygen atoms in total. The normalized spacial score (nSPS) is 14.5. The van der Waals surface area contributed by atoms with Gasteiger partial charge in [0, 0.05) is 45.4 Å². The summed E-state index contributed by atoms with van der Waals surface area (Å²) < 4.78 is 14.8. The number of piperidine rings is 1. The first-order valence-corrected chi connectivity index (χ1v) is 22.2. The van der Waals surface area contributed by atoms with Gasteiger partial charge in [0.25, 0.3) is 0 Å². The number of ether oxygens (including phenoxy) is 2. The lowest BCUT2D eigenvalue weighted by Crippen LogP contribution is -2.33. The third-order valence-corrected chi connectivity index (χ3v) is 12.7. The molecule has 0 radical (unpaired) electrons. The van der Waals surface area contributed by atoms with E-state index in [-0.39, 0.29) is 11.9 Å². The van der Waals surface area contributed by atoms with Crippen LogP contribution in [0.1, 0.15) is 46.6 Å². The maximum atomic E-state index is 13.1. The van der Waals surface area contributed by atoms with Crippen LogP contribution >= 0.6 is 22.7 Å². The fourth-order valence-corrected chi connectivity index (χ4v) is 8.79. The molecule has 5 aromatic rings. The average molecular weight is 716 g/mol. The van der Waals surface area contributed by atoms with Crippen LogP contribution in [0.5, 0.6) is 0 Å². The van der Waals surface area contributed by atoms with E-state index in [1.807, 2.05) is 50.1 Å². The minimum atomic E-state index is -1.19. The Morgan fingerprint density at radius 3 is 2.49 bits per heavy atom. The molecule has 0 unspecified atom stereocenters. The monoisotopic (exact) mass is 715 g/mol. The van der Waals surface area contributed by atoms with Crippen molar-refractivity contribution in [3.05, 3.63) is 81.6 Å². The summed E-state index contributed by atoms with van der Waals surface area (Å²) in [4.78, 5) is 29.0. The molecular weight excluding hydrogens is 671 g/mol. The van der Waals surface area contributed by atoms with Crippen LogP contribution in [0.25, 0.3) is 10.2 Å². The number of esters is 1. The molecule has 0 aliphatic carbocycles. The van der Waals surface area contributed by atoms with Gasteiger partial charge in [-0.25, -0.2) is 9.78 Å². The lowest BCUT2D eigenvalue weighted by Gasteiger charge is -2.33. The SMILES string of the molecule is CCOC(=O)c1nc(N(C)c2cc(C)c(N=c3sc4ccccc4n3COCC[Si](C)(C)C)nn2)sc1C1CCN(c2ccccc2)CC1. The van der Waals surface area contributed by atoms with Crippen LogP contribution in [0.4, 0.5) is 22.5 Å². The Morgan fingerprint density at radius 2 is 1.78 bits per heavy atom. The van der Waals surface area contributed by atoms with E-state index in [0.717, 1.165) is 64.0 Å². The molecule has 0 atom stereocenters. The van der Waals surface area contributed by atoms with Crippen molar-refractivity contribution in [3.8, 4) is 0 Å². The first kappa shape index (κ1) is 34.9. The molecule has 1 aliphatic rings. The number of carbonyl (C=O) groups is 1. The van der Waals surface area contributed by atoms with Gasteiger partial charge in [-0.1, -0.05) is 61.3 Å². The lowest BCUT2D eigenvalue weighted by molar-refractivity contribution is 0.0518. The number of carbonyl (C=O) groups excluding carboxylic acids is 1. The van der Waals surface area contributed by atoms with E-state index >= 15 is 0 Å². The van der Waals surface area contributed by atoms with Gasteiger partial charge in [0.15, 0.2) is 27.3 Å². The van der Waals surface area contributed by atoms with Crippen LogP contribution in [-0.2, 0) is 16.2 Å². The number of benzene rings is 2. The van der Waals surface area contributed by atoms with E-state index < -0.39 is 8.07 Å². The zero-order valence-corrected chi connectivity index (χ0v) is 31.8. The van der Waals surface area contributed by atoms with Gasteiger partial charge in [0.2, 0.25) is 0 Å². The molecule has 3 aromatic heterocycles. The van der Waals surface area contributed by atoms with Crippen molar-refractivity contribution < 1.29 is 14.3 Å². The Bertz CT molecular complexity index is 1960. The fraction of sp³-hybridized carbons (Fsp3) is 0.417. The van der Waals surface area contributed by atoms with Gasteiger partial charge in [-0.05, 0) is 74.5 Å². The molecule has 0 bridgehead atoms. The maximum absolute atomic E-state index is 13.1. The molecule has 1 fully saturated rings. The van der Waals surface area contributed by atoms with Crippen molar-refractivity contribution >= 4 is 69.4 Å². The summed E-state index contributed by atoms with van der Waals surface area (Å²) in [6.07, 6.45) is 1.87. The van der Waals surface area contributed by atoms with Crippen LogP contribution in [0, 0.1) is 6.92 Å². The Balaban J connectivity index is 1.24. The predicted octanol–water partition coefficient (Wildman–Crippen LogP) is 8.13. The number of aromatic nitrogens is 4. The van der Waals surface area contributed by atoms with Gasteiger partial charge < -0.3 is 19.3 Å². The first-order valence-electron chi connectivity index (χ1n) is 16.9. The number of rotatable bonds is 12. The highest BCUT2D eigenvalue weighted by atomic mass is 32.1. The molecule has 1 aliphatic heterocycles. The predicted molar refractivity (Wildman–Crippen MR) is 203 cm³/mol. The second kappa shape index (κ2) is 15.3. The number of hydrogen-bond acceptors (Lipinski definition) is 11. The van der Waals surface area contributed by atoms with Gasteiger partial charge in [-0.15, -0.1) is 21.5 Å². The number of aryl methyl sites for hydroxylation is 1. The molecule has 13 heteroatoms. The van der Waals surface area contributed by atoms with Crippen molar-refractivity contribution in [2.24, 2.45) is 4.99 Å². The van der Waals surface area contributed by atoms with Gasteiger partial charge in [-0.2, -0.15) is 4.99 Å². The molecular formula is C36H45N7O3S2Si. The Kier molecular flexibility index (Phi) is 10.9. The molecule has 1 saturated heterocycles. The highest BCUT2D eigenvalue weighted by Gasteiger charge is 2.30. The van der Waals surface area contributed by atoms with Crippen molar-refractivity contribution in [2.45, 2.75) is 65.0 Å². The average Bonchev–Trinajstić information content (AvgIpc) is 3.70. The van der Waals surface area contributed by atoms with Crippen LogP contribution in [0.15, 0.2) is 65.7 Å². The molecule has 2 aromatic carbocycles. The molecule has 0 spiro atoms. The summed E-state index contributed by atoms with van der Waals surface area (Å²) in [5.41, 5.74) is 3.61. The highest BCUT2D eigenvalue weighted by molar-refractivity contribution is 7.16. The largest absolute Gasteiger partial charge is 0.461 e. The van der Waals surface area contributed by atoms with Crippen LogP contribution < -0.4 is 14.6 Å². The summed E-state index contributed by atoms with van der Waals surface area (Å²) in [6.45, 7) is 14.2. The van der Waals surface area contributed by atoms with E-state index in [4.69, 9.17) is 19.5 Å². The van der Waals surface area contributed by atoms with Crippen molar-refractivity contribution in [3.63, 3.8) is 0 Å². The van der Waals surface area contributed by atoms with Crippen molar-refractivity contribution in [1.82, 2.24) is 19.7 Å². The summed E-state index contributed by atoms with van der Waals surface area (Å²) in [5, 5.41) is 9.81. The summed E-state index contributed by atoms with van der Waals surface area (Å²) in [5.74, 6) is 1.03. The molecule has 4 heterocycles. The van der Waals surface area contributed by atoms with E-state index in [9.17, 15) is 4.79 Å². The molecule has 0 saturated carbocycles. The van der Waals surface area contributed by atoms with E-state index in [1.165, 1.54) is 17.0 Å². The number of para-hydroxylation sites is 2. The second-order valence-electron chi connectivity index (χ2n) is 13.5. The zero-order valence-electron chi connectivity index (χ0n) is 29.2. The summed E-state index contributed by atoms with van der Waals surface area (Å²) in [6, 6.07) is 21.8. The van der Waals surface area contributed by atoms with E-state index in [1.54, 1.807) is 11.3 Å². The quantitative estimate of drug-likeness (QED) is 0.0726. The molecule has 6 rings (SSSR count). The number of nitrogens with zero attached hydrogens (tertiary/aromatic N) is 7. The van der Waals surface area contributed by atoms with Crippen LogP contribution in [0.2, 0.25) is 25.7 Å². The minimum Gasteiger partial charge on any atom is -0.461 e. The van der Waals surface area contributed by atoms with Crippen molar-refractivity contribution in [2.75, 3.05) is 43.2 Å². The number of hydrogen-bond donors (Lipinski definition) is 0. The molecule has 0 N–H and O–H groups in total. The second-order valence-corrected chi connectivity index (χ2v) is 21.2. The van der Waals surface area contributed by atoms with Crippen molar-refractivity contribution in [1.29, 1.82) is 0 Å². The molecule has 49 heavy (non-hydrogen) atoms. The standard InChI is InChI=1S/C36H45N7O3S2Si/c1-7-46-34(44)31-32(26-17-19-42(20-18-26)27-13-9-8-10-14-27)48-35(37-31)41(3)30-23-25(2)33(40-39-30)38-36-43(24-45-21-22-49(4,5)6)28-15-11-12-16-29(28)47-36/h8-16,23,26H,7,17-22,24H2,1-6H3. The molecule has 0 amide bonds. The molecule has 258 valence electrons. The zero-order chi connectivity index (χ0) is 34.5. The van der Waals surface area contributed by atoms with Gasteiger partial charge in [0.1, 0.15) is 6.73 Å². The topological polar surface area (TPSA) is 98.0 Å².